The highest BCUT2D eigenvalue weighted by Crippen LogP contribution is 2.59. The summed E-state index contributed by atoms with van der Waals surface area (Å²) >= 11 is 1.51. The number of ether oxygens (including phenoxy) is 3. The predicted molar refractivity (Wildman–Crippen MR) is 236 cm³/mol. The van der Waals surface area contributed by atoms with Gasteiger partial charge in [0.15, 0.2) is 0 Å². The van der Waals surface area contributed by atoms with Crippen molar-refractivity contribution in [3.05, 3.63) is 141 Å². The Labute approximate surface area is 353 Å². The standard InChI is InChI=1S/C50H59NO7S/c1-34-11-10-23-49(2)44(42-21-17-36(25-39(52)19-16-34)26-43(42)48(54)47-27-37-14-8-9-15-46(37)59-47)22-24-50(49,55)33-51(29-38-18-20-41(56-3)28-45(38)57-4)30-40(53)32-58-31-35-12-6-5-7-13-35/h5-9,11-15,17-18,20-21,26-28,39-40,44,52-53,55H,10,16,19,22-25,29-33H2,1-4H3. The van der Waals surface area contributed by atoms with Gasteiger partial charge in [0.05, 0.1) is 50.1 Å². The lowest BCUT2D eigenvalue weighted by Crippen LogP contribution is -2.53. The van der Waals surface area contributed by atoms with Gasteiger partial charge in [0.2, 0.25) is 5.78 Å². The van der Waals surface area contributed by atoms with Gasteiger partial charge in [-0.15, -0.1) is 11.3 Å². The molecule has 3 aliphatic carbocycles. The average Bonchev–Trinajstić information content (AvgIpc) is 3.78. The smallest absolute Gasteiger partial charge is 0.203 e. The number of hydrogen-bond acceptors (Lipinski definition) is 9. The van der Waals surface area contributed by atoms with Gasteiger partial charge in [-0.25, -0.2) is 0 Å². The number of carbonyl (C=O) groups excluding carboxylic acids is 1. The second kappa shape index (κ2) is 18.9. The van der Waals surface area contributed by atoms with E-state index < -0.39 is 23.2 Å². The van der Waals surface area contributed by atoms with Crippen LogP contribution in [0.2, 0.25) is 0 Å². The summed E-state index contributed by atoms with van der Waals surface area (Å²) < 4.78 is 18.4. The van der Waals surface area contributed by atoms with E-state index in [1.165, 1.54) is 16.9 Å². The van der Waals surface area contributed by atoms with E-state index in [4.69, 9.17) is 14.2 Å². The van der Waals surface area contributed by atoms with Crippen LogP contribution in [0.5, 0.6) is 11.5 Å². The molecule has 0 aliphatic heterocycles. The summed E-state index contributed by atoms with van der Waals surface area (Å²) in [6.45, 7) is 5.82. The SMILES string of the molecule is COc1ccc(CN(CC(O)COCc2ccccc2)CC2(O)CCC3c4ccc(cc4C(=O)c4cc5ccccc5s4)CC(O)CCC(C)=CCCC32C)c(OC)c1. The molecule has 2 bridgehead atoms. The lowest BCUT2D eigenvalue weighted by molar-refractivity contribution is -0.0924. The highest BCUT2D eigenvalue weighted by Gasteiger charge is 2.57. The van der Waals surface area contributed by atoms with Crippen LogP contribution < -0.4 is 9.47 Å². The Morgan fingerprint density at radius 3 is 2.53 bits per heavy atom. The van der Waals surface area contributed by atoms with E-state index >= 15 is 0 Å². The number of aliphatic hydroxyl groups is 3. The Balaban J connectivity index is 1.24. The van der Waals surface area contributed by atoms with E-state index in [0.717, 1.165) is 45.2 Å². The monoisotopic (exact) mass is 817 g/mol. The van der Waals surface area contributed by atoms with Crippen molar-refractivity contribution >= 4 is 27.2 Å². The number of hydrogen-bond donors (Lipinski definition) is 3. The number of rotatable bonds is 14. The van der Waals surface area contributed by atoms with Crippen LogP contribution in [0.3, 0.4) is 0 Å². The Morgan fingerprint density at radius 2 is 1.75 bits per heavy atom. The molecule has 3 N–H and O–H groups in total. The molecule has 59 heavy (non-hydrogen) atoms. The van der Waals surface area contributed by atoms with E-state index in [9.17, 15) is 20.1 Å². The molecule has 312 valence electrons. The second-order valence-electron chi connectivity index (χ2n) is 16.9. The van der Waals surface area contributed by atoms with E-state index in [-0.39, 0.29) is 31.4 Å². The number of ketones is 1. The van der Waals surface area contributed by atoms with E-state index in [1.54, 1.807) is 14.2 Å². The highest BCUT2D eigenvalue weighted by molar-refractivity contribution is 7.21. The molecule has 0 spiro atoms. The number of fused-ring (bicyclic) bond motifs is 9. The normalized spacial score (nSPS) is 22.8. The van der Waals surface area contributed by atoms with Crippen LogP contribution in [-0.4, -0.2) is 77.7 Å². The maximum absolute atomic E-state index is 14.7. The van der Waals surface area contributed by atoms with Gasteiger partial charge in [-0.3, -0.25) is 9.69 Å². The fourth-order valence-electron chi connectivity index (χ4n) is 9.44. The second-order valence-corrected chi connectivity index (χ2v) is 18.0. The quantitative estimate of drug-likeness (QED) is 0.0753. The Bertz CT molecular complexity index is 2200. The molecular formula is C50H59NO7S. The minimum atomic E-state index is -1.19. The third-order valence-electron chi connectivity index (χ3n) is 12.8. The molecule has 0 saturated heterocycles. The molecular weight excluding hydrogens is 759 g/mol. The van der Waals surface area contributed by atoms with Gasteiger partial charge in [0.25, 0.3) is 0 Å². The Kier molecular flexibility index (Phi) is 13.7. The largest absolute Gasteiger partial charge is 0.497 e. The van der Waals surface area contributed by atoms with Crippen molar-refractivity contribution in [3.63, 3.8) is 0 Å². The minimum Gasteiger partial charge on any atom is -0.497 e. The number of methoxy groups -OCH3 is 2. The number of carbonyl (C=O) groups is 1. The first-order valence-corrected chi connectivity index (χ1v) is 21.8. The van der Waals surface area contributed by atoms with Crippen molar-refractivity contribution in [2.75, 3.05) is 33.9 Å². The molecule has 9 heteroatoms. The number of nitrogens with zero attached hydrogens (tertiary/aromatic N) is 1. The first-order valence-electron chi connectivity index (χ1n) is 20.9. The fourth-order valence-corrected chi connectivity index (χ4v) is 10.5. The molecule has 5 aromatic rings. The molecule has 1 heterocycles. The molecule has 1 fully saturated rings. The van der Waals surface area contributed by atoms with Crippen molar-refractivity contribution in [3.8, 4) is 11.5 Å². The molecule has 0 radical (unpaired) electrons. The lowest BCUT2D eigenvalue weighted by atomic mass is 9.64. The van der Waals surface area contributed by atoms with Gasteiger partial charge < -0.3 is 29.5 Å². The van der Waals surface area contributed by atoms with Gasteiger partial charge >= 0.3 is 0 Å². The molecule has 8 rings (SSSR count). The third-order valence-corrected chi connectivity index (χ3v) is 13.9. The van der Waals surface area contributed by atoms with Crippen molar-refractivity contribution in [1.82, 2.24) is 4.90 Å². The maximum atomic E-state index is 14.7. The summed E-state index contributed by atoms with van der Waals surface area (Å²) in [7, 11) is 3.26. The van der Waals surface area contributed by atoms with Crippen LogP contribution >= 0.6 is 11.3 Å². The fraction of sp³-hybridized carbons (Fsp3) is 0.420. The maximum Gasteiger partial charge on any atom is 0.203 e. The minimum absolute atomic E-state index is 0.0231. The topological polar surface area (TPSA) is 109 Å². The number of thiophene rings is 1. The Morgan fingerprint density at radius 1 is 0.949 bits per heavy atom. The third kappa shape index (κ3) is 9.83. The van der Waals surface area contributed by atoms with Crippen molar-refractivity contribution in [2.24, 2.45) is 5.41 Å². The molecule has 8 nitrogen and oxygen atoms in total. The summed E-state index contributed by atoms with van der Waals surface area (Å²) in [5, 5.41) is 36.9. The zero-order valence-corrected chi connectivity index (χ0v) is 35.7. The van der Waals surface area contributed by atoms with E-state index in [0.29, 0.717) is 67.2 Å². The first-order chi connectivity index (χ1) is 28.5. The zero-order valence-electron chi connectivity index (χ0n) is 34.9. The highest BCUT2D eigenvalue weighted by atomic mass is 32.1. The molecule has 1 aromatic heterocycles. The molecule has 5 unspecified atom stereocenters. The van der Waals surface area contributed by atoms with Gasteiger partial charge in [-0.05, 0) is 104 Å². The summed E-state index contributed by atoms with van der Waals surface area (Å²) in [6.07, 6.45) is 5.44. The van der Waals surface area contributed by atoms with Crippen LogP contribution in [0.1, 0.15) is 95.8 Å². The summed E-state index contributed by atoms with van der Waals surface area (Å²) in [6, 6.07) is 31.9. The van der Waals surface area contributed by atoms with Gasteiger partial charge in [0, 0.05) is 46.9 Å². The lowest BCUT2D eigenvalue weighted by Gasteiger charge is -2.46. The van der Waals surface area contributed by atoms with E-state index in [1.807, 2.05) is 84.9 Å². The molecule has 1 saturated carbocycles. The number of allylic oxidation sites excluding steroid dienone is 2. The summed E-state index contributed by atoms with van der Waals surface area (Å²) in [4.78, 5) is 17.6. The van der Waals surface area contributed by atoms with Gasteiger partial charge in [-0.2, -0.15) is 0 Å². The van der Waals surface area contributed by atoms with Gasteiger partial charge in [-0.1, -0.05) is 85.3 Å². The van der Waals surface area contributed by atoms with Crippen molar-refractivity contribution < 1.29 is 34.3 Å². The van der Waals surface area contributed by atoms with Crippen LogP contribution in [0, 0.1) is 5.41 Å². The zero-order chi connectivity index (χ0) is 41.6. The van der Waals surface area contributed by atoms with Crippen LogP contribution in [-0.2, 0) is 24.3 Å². The summed E-state index contributed by atoms with van der Waals surface area (Å²) in [5.74, 6) is 1.19. The van der Waals surface area contributed by atoms with Crippen LogP contribution in [0.25, 0.3) is 10.1 Å². The molecule has 0 amide bonds. The summed E-state index contributed by atoms with van der Waals surface area (Å²) in [5.41, 5.74) is 3.86. The molecule has 4 aromatic carbocycles. The predicted octanol–water partition coefficient (Wildman–Crippen LogP) is 9.27. The molecule has 3 aliphatic rings. The Hall–Kier alpha value is -4.35. The number of aliphatic hydroxyl groups excluding tert-OH is 2. The average molecular weight is 818 g/mol. The first kappa shape index (κ1) is 42.8. The van der Waals surface area contributed by atoms with Crippen molar-refractivity contribution in [1.29, 1.82) is 0 Å². The number of benzene rings is 4. The van der Waals surface area contributed by atoms with E-state index in [2.05, 4.69) is 37.0 Å². The van der Waals surface area contributed by atoms with Crippen molar-refractivity contribution in [2.45, 2.75) is 95.7 Å². The molecule has 5 atom stereocenters. The van der Waals surface area contributed by atoms with Crippen LogP contribution in [0.4, 0.5) is 0 Å². The van der Waals surface area contributed by atoms with Gasteiger partial charge in [0.1, 0.15) is 11.5 Å². The van der Waals surface area contributed by atoms with Crippen LogP contribution in [0.15, 0.2) is 109 Å².